The van der Waals surface area contributed by atoms with Gasteiger partial charge in [-0.2, -0.15) is 0 Å². The Labute approximate surface area is 126 Å². The Balaban J connectivity index is 2.56. The second-order valence-corrected chi connectivity index (χ2v) is 4.89. The van der Waals surface area contributed by atoms with Crippen molar-refractivity contribution in [3.05, 3.63) is 36.8 Å². The van der Waals surface area contributed by atoms with E-state index in [0.29, 0.717) is 26.4 Å². The van der Waals surface area contributed by atoms with Gasteiger partial charge >= 0.3 is 0 Å². The summed E-state index contributed by atoms with van der Waals surface area (Å²) in [4.78, 5) is 0. The van der Waals surface area contributed by atoms with E-state index in [1.165, 1.54) is 18.6 Å². The summed E-state index contributed by atoms with van der Waals surface area (Å²) in [7, 11) is 0. The van der Waals surface area contributed by atoms with Crippen molar-refractivity contribution in [2.24, 2.45) is 22.6 Å². The quantitative estimate of drug-likeness (QED) is 0.482. The molecule has 2 unspecified atom stereocenters. The first kappa shape index (κ1) is 17.6. The second-order valence-electron chi connectivity index (χ2n) is 4.89. The van der Waals surface area contributed by atoms with Gasteiger partial charge in [-0.05, 0) is 43.2 Å². The molecule has 21 heavy (non-hydrogen) atoms. The molecule has 6 heteroatoms. The summed E-state index contributed by atoms with van der Waals surface area (Å²) in [6, 6.07) is 0. The molecule has 0 aliphatic heterocycles. The molecule has 1 fully saturated rings. The molecule has 6 nitrogen and oxygen atoms in total. The van der Waals surface area contributed by atoms with Gasteiger partial charge in [0.1, 0.15) is 0 Å². The van der Waals surface area contributed by atoms with Crippen LogP contribution in [0.5, 0.6) is 0 Å². The average Bonchev–Trinajstić information content (AvgIpc) is 3.11. The highest BCUT2D eigenvalue weighted by molar-refractivity contribution is 5.15. The fourth-order valence-electron chi connectivity index (χ4n) is 2.39. The molecule has 0 aromatic rings. The van der Waals surface area contributed by atoms with Gasteiger partial charge in [-0.3, -0.25) is 0 Å². The lowest BCUT2D eigenvalue weighted by molar-refractivity contribution is 0.0515. The zero-order valence-electron chi connectivity index (χ0n) is 12.6. The molecule has 1 rings (SSSR count). The number of hydrogen-bond acceptors (Lipinski definition) is 6. The van der Waals surface area contributed by atoms with Crippen LogP contribution in [0.2, 0.25) is 0 Å². The number of nitrogens with two attached hydrogens (primary N) is 3. The molecule has 0 radical (unpaired) electrons. The topological polar surface area (TPSA) is 106 Å². The van der Waals surface area contributed by atoms with E-state index in [1.807, 2.05) is 0 Å². The van der Waals surface area contributed by atoms with Crippen molar-refractivity contribution < 1.29 is 14.2 Å². The lowest BCUT2D eigenvalue weighted by Gasteiger charge is -2.15. The van der Waals surface area contributed by atoms with Crippen molar-refractivity contribution in [2.75, 3.05) is 26.4 Å². The molecule has 0 aromatic carbocycles. The lowest BCUT2D eigenvalue weighted by atomic mass is 10.0. The molecule has 0 spiro atoms. The second kappa shape index (κ2) is 9.44. The zero-order chi connectivity index (χ0) is 15.6. The van der Waals surface area contributed by atoms with Crippen molar-refractivity contribution in [3.8, 4) is 0 Å². The van der Waals surface area contributed by atoms with Crippen LogP contribution in [0.25, 0.3) is 0 Å². The SMILES string of the molecule is CCC1(COC/C=C/N)C(OC/C=C/N)C1OC/C=C/N. The van der Waals surface area contributed by atoms with E-state index in [9.17, 15) is 0 Å². The minimum absolute atomic E-state index is 0.00623. The van der Waals surface area contributed by atoms with Gasteiger partial charge in [-0.15, -0.1) is 0 Å². The number of ether oxygens (including phenoxy) is 3. The van der Waals surface area contributed by atoms with Crippen LogP contribution in [0, 0.1) is 5.41 Å². The van der Waals surface area contributed by atoms with Crippen molar-refractivity contribution >= 4 is 0 Å². The van der Waals surface area contributed by atoms with Gasteiger partial charge in [0, 0.05) is 0 Å². The molecule has 0 saturated heterocycles. The maximum absolute atomic E-state index is 5.83. The molecule has 1 aliphatic rings. The molecule has 0 heterocycles. The van der Waals surface area contributed by atoms with Crippen LogP contribution in [0.4, 0.5) is 0 Å². The number of rotatable bonds is 11. The predicted molar refractivity (Wildman–Crippen MR) is 83.0 cm³/mol. The third-order valence-electron chi connectivity index (χ3n) is 3.69. The molecule has 2 atom stereocenters. The summed E-state index contributed by atoms with van der Waals surface area (Å²) in [5.41, 5.74) is 15.8. The van der Waals surface area contributed by atoms with Crippen LogP contribution in [-0.4, -0.2) is 38.6 Å². The third kappa shape index (κ3) is 4.77. The third-order valence-corrected chi connectivity index (χ3v) is 3.69. The van der Waals surface area contributed by atoms with E-state index >= 15 is 0 Å². The molecule has 1 aliphatic carbocycles. The average molecular weight is 297 g/mol. The fraction of sp³-hybridized carbons (Fsp3) is 0.600. The molecule has 0 aromatic heterocycles. The maximum Gasteiger partial charge on any atom is 0.0952 e. The van der Waals surface area contributed by atoms with Gasteiger partial charge in [0.05, 0.1) is 44.1 Å². The van der Waals surface area contributed by atoms with E-state index in [-0.39, 0.29) is 17.6 Å². The Bertz CT molecular complexity index is 347. The Morgan fingerprint density at radius 2 is 1.33 bits per heavy atom. The zero-order valence-corrected chi connectivity index (χ0v) is 12.6. The monoisotopic (exact) mass is 297 g/mol. The van der Waals surface area contributed by atoms with E-state index in [1.54, 1.807) is 18.2 Å². The van der Waals surface area contributed by atoms with E-state index < -0.39 is 0 Å². The van der Waals surface area contributed by atoms with E-state index in [0.717, 1.165) is 6.42 Å². The van der Waals surface area contributed by atoms with Crippen molar-refractivity contribution in [1.29, 1.82) is 0 Å². The first-order valence-electron chi connectivity index (χ1n) is 7.18. The van der Waals surface area contributed by atoms with Gasteiger partial charge < -0.3 is 31.4 Å². The predicted octanol–water partition coefficient (Wildman–Crippen LogP) is 0.601. The minimum atomic E-state index is -0.118. The van der Waals surface area contributed by atoms with Crippen LogP contribution < -0.4 is 17.2 Å². The summed E-state index contributed by atoms with van der Waals surface area (Å²) < 4.78 is 17.3. The standard InChI is InChI=1S/C15H27N3O3/c1-2-15(12-19-9-3-6-16)13(20-10-4-7-17)14(15)21-11-5-8-18/h3-8,13-14H,2,9-12,16-18H2,1H3/b6-3+,7-4+,8-5+. The van der Waals surface area contributed by atoms with Gasteiger partial charge in [0.25, 0.3) is 0 Å². The summed E-state index contributed by atoms with van der Waals surface area (Å²) in [5.74, 6) is 0. The van der Waals surface area contributed by atoms with Crippen LogP contribution >= 0.6 is 0 Å². The van der Waals surface area contributed by atoms with E-state index in [2.05, 4.69) is 6.92 Å². The molecule has 120 valence electrons. The first-order valence-corrected chi connectivity index (χ1v) is 7.18. The van der Waals surface area contributed by atoms with Crippen molar-refractivity contribution in [3.63, 3.8) is 0 Å². The summed E-state index contributed by atoms with van der Waals surface area (Å²) >= 11 is 0. The van der Waals surface area contributed by atoms with Crippen molar-refractivity contribution in [2.45, 2.75) is 25.6 Å². The smallest absolute Gasteiger partial charge is 0.0952 e. The molecule has 6 N–H and O–H groups in total. The Kier molecular flexibility index (Phi) is 7.89. The van der Waals surface area contributed by atoms with E-state index in [4.69, 9.17) is 31.4 Å². The van der Waals surface area contributed by atoms with Crippen LogP contribution in [0.3, 0.4) is 0 Å². The van der Waals surface area contributed by atoms with Gasteiger partial charge in [0.15, 0.2) is 0 Å². The highest BCUT2D eigenvalue weighted by Gasteiger charge is 2.66. The number of hydrogen-bond donors (Lipinski definition) is 3. The first-order chi connectivity index (χ1) is 10.3. The maximum atomic E-state index is 5.83. The normalized spacial score (nSPS) is 29.0. The largest absolute Gasteiger partial charge is 0.405 e. The Morgan fingerprint density at radius 1 is 0.857 bits per heavy atom. The van der Waals surface area contributed by atoms with Crippen molar-refractivity contribution in [1.82, 2.24) is 0 Å². The summed E-state index contributed by atoms with van der Waals surface area (Å²) in [6.45, 7) is 4.11. The Morgan fingerprint density at radius 3 is 1.76 bits per heavy atom. The highest BCUT2D eigenvalue weighted by atomic mass is 16.6. The summed E-state index contributed by atoms with van der Waals surface area (Å²) in [6.07, 6.45) is 10.7. The van der Waals surface area contributed by atoms with Gasteiger partial charge in [0.2, 0.25) is 0 Å². The van der Waals surface area contributed by atoms with Gasteiger partial charge in [-0.25, -0.2) is 0 Å². The minimum Gasteiger partial charge on any atom is -0.405 e. The van der Waals surface area contributed by atoms with Gasteiger partial charge in [-0.1, -0.05) is 6.92 Å². The fourth-order valence-corrected chi connectivity index (χ4v) is 2.39. The highest BCUT2D eigenvalue weighted by Crippen LogP contribution is 2.53. The van der Waals surface area contributed by atoms with Crippen LogP contribution in [0.1, 0.15) is 13.3 Å². The molecule has 0 amide bonds. The Hall–Kier alpha value is -1.50. The molecular weight excluding hydrogens is 270 g/mol. The molecule has 1 saturated carbocycles. The molecular formula is C15H27N3O3. The molecule has 0 bridgehead atoms. The van der Waals surface area contributed by atoms with Crippen LogP contribution in [-0.2, 0) is 14.2 Å². The summed E-state index contributed by atoms with van der Waals surface area (Å²) in [5, 5.41) is 0. The lowest BCUT2D eigenvalue weighted by Crippen LogP contribution is -2.18. The van der Waals surface area contributed by atoms with Crippen LogP contribution in [0.15, 0.2) is 36.8 Å².